The summed E-state index contributed by atoms with van der Waals surface area (Å²) in [6.07, 6.45) is 0. The predicted octanol–water partition coefficient (Wildman–Crippen LogP) is 2.73. The molecule has 0 aliphatic heterocycles. The van der Waals surface area contributed by atoms with Crippen molar-refractivity contribution in [3.63, 3.8) is 0 Å². The Kier molecular flexibility index (Phi) is 3.02. The number of nitrogens with zero attached hydrogens (tertiary/aromatic N) is 3. The molecule has 3 aromatic rings. The van der Waals surface area contributed by atoms with Gasteiger partial charge < -0.3 is 15.2 Å². The number of aromatic amines is 1. The maximum absolute atomic E-state index is 4.57. The minimum Gasteiger partial charge on any atom is -0.388 e. The highest BCUT2D eigenvalue weighted by molar-refractivity contribution is 5.77. The molecule has 0 aliphatic carbocycles. The monoisotopic (exact) mass is 267 g/mol. The molecule has 0 spiro atoms. The van der Waals surface area contributed by atoms with E-state index in [-0.39, 0.29) is 0 Å². The molecule has 0 amide bonds. The Bertz CT molecular complexity index is 728. The molecule has 0 bridgehead atoms. The molecule has 2 heterocycles. The normalized spacial score (nSPS) is 10.8. The van der Waals surface area contributed by atoms with Crippen molar-refractivity contribution in [3.05, 3.63) is 36.4 Å². The van der Waals surface area contributed by atoms with Crippen LogP contribution in [0.25, 0.3) is 22.6 Å². The SMILES string of the molecule is CNc1ccc(-c2nc3nc(N(C)C)ccc3[nH]2)cc1. The number of pyridine rings is 1. The Labute approximate surface area is 117 Å². The summed E-state index contributed by atoms with van der Waals surface area (Å²) in [5.74, 6) is 1.74. The third-order valence-corrected chi connectivity index (χ3v) is 3.24. The summed E-state index contributed by atoms with van der Waals surface area (Å²) in [5.41, 5.74) is 3.82. The van der Waals surface area contributed by atoms with E-state index in [0.29, 0.717) is 0 Å². The fraction of sp³-hybridized carbons (Fsp3) is 0.200. The van der Waals surface area contributed by atoms with Crippen LogP contribution in [0, 0.1) is 0 Å². The highest BCUT2D eigenvalue weighted by Crippen LogP contribution is 2.22. The first-order valence-electron chi connectivity index (χ1n) is 6.49. The summed E-state index contributed by atoms with van der Waals surface area (Å²) in [5, 5.41) is 3.10. The number of nitrogens with one attached hydrogen (secondary N) is 2. The topological polar surface area (TPSA) is 56.8 Å². The van der Waals surface area contributed by atoms with Gasteiger partial charge in [-0.15, -0.1) is 0 Å². The lowest BCUT2D eigenvalue weighted by molar-refractivity contribution is 1.08. The van der Waals surface area contributed by atoms with Gasteiger partial charge in [0.15, 0.2) is 5.65 Å². The molecule has 0 aliphatic rings. The van der Waals surface area contributed by atoms with Crippen molar-refractivity contribution in [2.75, 3.05) is 31.4 Å². The van der Waals surface area contributed by atoms with Gasteiger partial charge in [0.25, 0.3) is 0 Å². The predicted molar refractivity (Wildman–Crippen MR) is 83.2 cm³/mol. The average Bonchev–Trinajstić information content (AvgIpc) is 2.90. The lowest BCUT2D eigenvalue weighted by atomic mass is 10.2. The highest BCUT2D eigenvalue weighted by Gasteiger charge is 2.07. The van der Waals surface area contributed by atoms with Crippen LogP contribution in [0.5, 0.6) is 0 Å². The lowest BCUT2D eigenvalue weighted by Crippen LogP contribution is -2.10. The molecule has 0 saturated carbocycles. The van der Waals surface area contributed by atoms with Crippen molar-refractivity contribution >= 4 is 22.7 Å². The fourth-order valence-corrected chi connectivity index (χ4v) is 2.06. The number of benzene rings is 1. The van der Waals surface area contributed by atoms with Gasteiger partial charge in [-0.05, 0) is 36.4 Å². The van der Waals surface area contributed by atoms with Crippen LogP contribution in [0.2, 0.25) is 0 Å². The second-order valence-corrected chi connectivity index (χ2v) is 4.85. The van der Waals surface area contributed by atoms with Crippen molar-refractivity contribution in [2.45, 2.75) is 0 Å². The van der Waals surface area contributed by atoms with E-state index < -0.39 is 0 Å². The van der Waals surface area contributed by atoms with Crippen molar-refractivity contribution in [3.8, 4) is 11.4 Å². The average molecular weight is 267 g/mol. The van der Waals surface area contributed by atoms with Gasteiger partial charge in [-0.2, -0.15) is 0 Å². The Morgan fingerprint density at radius 2 is 1.75 bits per heavy atom. The summed E-state index contributed by atoms with van der Waals surface area (Å²) in [6, 6.07) is 12.1. The summed E-state index contributed by atoms with van der Waals surface area (Å²) < 4.78 is 0. The molecule has 0 radical (unpaired) electrons. The fourth-order valence-electron chi connectivity index (χ4n) is 2.06. The Balaban J connectivity index is 2.03. The summed E-state index contributed by atoms with van der Waals surface area (Å²) in [6.45, 7) is 0. The molecule has 0 atom stereocenters. The van der Waals surface area contributed by atoms with Crippen LogP contribution in [0.15, 0.2) is 36.4 Å². The molecular formula is C15H17N5. The van der Waals surface area contributed by atoms with Crippen molar-refractivity contribution in [1.29, 1.82) is 0 Å². The van der Waals surface area contributed by atoms with Gasteiger partial charge in [0, 0.05) is 32.4 Å². The molecule has 0 unspecified atom stereocenters. The molecule has 2 N–H and O–H groups in total. The molecule has 0 fully saturated rings. The van der Waals surface area contributed by atoms with Crippen molar-refractivity contribution in [2.24, 2.45) is 0 Å². The Morgan fingerprint density at radius 3 is 2.40 bits per heavy atom. The zero-order chi connectivity index (χ0) is 14.1. The van der Waals surface area contributed by atoms with Gasteiger partial charge in [0.1, 0.15) is 11.6 Å². The molecule has 5 nitrogen and oxygen atoms in total. The standard InChI is InChI=1S/C15H17N5/c1-16-11-6-4-10(5-7-11)14-17-12-8-9-13(20(2)3)18-15(12)19-14/h4-9,16H,1-3H3,(H,17,18,19). The zero-order valence-corrected chi connectivity index (χ0v) is 11.8. The summed E-state index contributed by atoms with van der Waals surface area (Å²) >= 11 is 0. The van der Waals surface area contributed by atoms with Gasteiger partial charge >= 0.3 is 0 Å². The lowest BCUT2D eigenvalue weighted by Gasteiger charge is -2.09. The summed E-state index contributed by atoms with van der Waals surface area (Å²) in [4.78, 5) is 14.4. The van der Waals surface area contributed by atoms with Crippen LogP contribution in [0.4, 0.5) is 11.5 Å². The summed E-state index contributed by atoms with van der Waals surface area (Å²) in [7, 11) is 5.85. The molecule has 3 rings (SSSR count). The van der Waals surface area contributed by atoms with E-state index in [9.17, 15) is 0 Å². The van der Waals surface area contributed by atoms with Crippen molar-refractivity contribution in [1.82, 2.24) is 15.0 Å². The van der Waals surface area contributed by atoms with Crippen LogP contribution >= 0.6 is 0 Å². The van der Waals surface area contributed by atoms with Crippen LogP contribution in [0.1, 0.15) is 0 Å². The van der Waals surface area contributed by atoms with E-state index in [2.05, 4.69) is 20.3 Å². The van der Waals surface area contributed by atoms with E-state index in [1.54, 1.807) is 0 Å². The van der Waals surface area contributed by atoms with Crippen molar-refractivity contribution < 1.29 is 0 Å². The van der Waals surface area contributed by atoms with Gasteiger partial charge in [-0.25, -0.2) is 9.97 Å². The first kappa shape index (κ1) is 12.5. The Morgan fingerprint density at radius 1 is 1.00 bits per heavy atom. The van der Waals surface area contributed by atoms with Gasteiger partial charge in [-0.1, -0.05) is 0 Å². The van der Waals surface area contributed by atoms with Gasteiger partial charge in [0.05, 0.1) is 5.52 Å². The second-order valence-electron chi connectivity index (χ2n) is 4.85. The number of imidazole rings is 1. The van der Waals surface area contributed by atoms with Crippen LogP contribution in [0.3, 0.4) is 0 Å². The van der Waals surface area contributed by atoms with Crippen LogP contribution in [-0.2, 0) is 0 Å². The van der Waals surface area contributed by atoms with E-state index in [0.717, 1.165) is 34.1 Å². The van der Waals surface area contributed by atoms with E-state index in [4.69, 9.17) is 0 Å². The molecule has 102 valence electrons. The van der Waals surface area contributed by atoms with Gasteiger partial charge in [-0.3, -0.25) is 0 Å². The maximum atomic E-state index is 4.57. The van der Waals surface area contributed by atoms with E-state index in [1.165, 1.54) is 0 Å². The van der Waals surface area contributed by atoms with Crippen LogP contribution < -0.4 is 10.2 Å². The number of hydrogen-bond acceptors (Lipinski definition) is 4. The van der Waals surface area contributed by atoms with Gasteiger partial charge in [0.2, 0.25) is 0 Å². The van der Waals surface area contributed by atoms with Crippen LogP contribution in [-0.4, -0.2) is 36.1 Å². The third kappa shape index (κ3) is 2.18. The maximum Gasteiger partial charge on any atom is 0.180 e. The molecule has 5 heteroatoms. The molecular weight excluding hydrogens is 250 g/mol. The number of aromatic nitrogens is 3. The first-order valence-corrected chi connectivity index (χ1v) is 6.49. The number of anilines is 2. The zero-order valence-electron chi connectivity index (χ0n) is 11.8. The van der Waals surface area contributed by atoms with E-state index in [1.807, 2.05) is 62.4 Å². The molecule has 1 aromatic carbocycles. The number of fused-ring (bicyclic) bond motifs is 1. The highest BCUT2D eigenvalue weighted by atomic mass is 15.1. The second kappa shape index (κ2) is 4.85. The molecule has 0 saturated heterocycles. The largest absolute Gasteiger partial charge is 0.388 e. The molecule has 2 aromatic heterocycles. The molecule has 20 heavy (non-hydrogen) atoms. The quantitative estimate of drug-likeness (QED) is 0.766. The first-order chi connectivity index (χ1) is 9.67. The number of rotatable bonds is 3. The minimum absolute atomic E-state index is 0.740. The number of hydrogen-bond donors (Lipinski definition) is 2. The number of H-pyrrole nitrogens is 1. The van der Waals surface area contributed by atoms with E-state index >= 15 is 0 Å². The third-order valence-electron chi connectivity index (χ3n) is 3.24. The minimum atomic E-state index is 0.740. The smallest absolute Gasteiger partial charge is 0.180 e. The Hall–Kier alpha value is -2.56.